The van der Waals surface area contributed by atoms with Gasteiger partial charge in [-0.05, 0) is 32.8 Å². The van der Waals surface area contributed by atoms with Crippen LogP contribution >= 0.6 is 0 Å². The Morgan fingerprint density at radius 3 is 2.58 bits per heavy atom. The molecule has 1 N–H and O–H groups in total. The normalized spacial score (nSPS) is 17.3. The largest absolute Gasteiger partial charge is 0.349 e. The number of rotatable bonds is 3. The van der Waals surface area contributed by atoms with Crippen LogP contribution in [0.5, 0.6) is 0 Å². The quantitative estimate of drug-likeness (QED) is 0.868. The summed E-state index contributed by atoms with van der Waals surface area (Å²) in [4.78, 5) is 17.0. The highest BCUT2D eigenvalue weighted by atomic mass is 32.2. The van der Waals surface area contributed by atoms with E-state index < -0.39 is 10.0 Å². The number of aromatic nitrogens is 3. The number of piperidine rings is 1. The van der Waals surface area contributed by atoms with E-state index in [1.54, 1.807) is 4.52 Å². The molecule has 1 amide bonds. The Balaban J connectivity index is 1.73. The van der Waals surface area contributed by atoms with Crippen molar-refractivity contribution in [2.45, 2.75) is 32.7 Å². The first-order chi connectivity index (χ1) is 11.3. The molecule has 0 unspecified atom stereocenters. The summed E-state index contributed by atoms with van der Waals surface area (Å²) in [6, 6.07) is 1.86. The molecule has 2 aromatic heterocycles. The minimum atomic E-state index is -3.16. The molecule has 0 bridgehead atoms. The van der Waals surface area contributed by atoms with Crippen LogP contribution < -0.4 is 5.32 Å². The maximum absolute atomic E-state index is 12.6. The summed E-state index contributed by atoms with van der Waals surface area (Å²) >= 11 is 0. The third-order valence-corrected chi connectivity index (χ3v) is 5.58. The number of hydrogen-bond donors (Lipinski definition) is 1. The lowest BCUT2D eigenvalue weighted by Gasteiger charge is -2.30. The average Bonchev–Trinajstić information content (AvgIpc) is 2.91. The molecule has 0 aromatic carbocycles. The van der Waals surface area contributed by atoms with Crippen LogP contribution in [0.15, 0.2) is 12.3 Å². The Morgan fingerprint density at radius 1 is 1.29 bits per heavy atom. The minimum absolute atomic E-state index is 0.0450. The summed E-state index contributed by atoms with van der Waals surface area (Å²) in [6.45, 7) is 4.64. The summed E-state index contributed by atoms with van der Waals surface area (Å²) in [6.07, 6.45) is 3.93. The van der Waals surface area contributed by atoms with E-state index in [1.165, 1.54) is 16.8 Å². The van der Waals surface area contributed by atoms with Crippen molar-refractivity contribution < 1.29 is 13.2 Å². The van der Waals surface area contributed by atoms with Crippen LogP contribution in [0.3, 0.4) is 0 Å². The first-order valence-electron chi connectivity index (χ1n) is 7.83. The molecule has 3 heterocycles. The van der Waals surface area contributed by atoms with Gasteiger partial charge >= 0.3 is 0 Å². The molecule has 0 aliphatic carbocycles. The molecule has 1 aliphatic rings. The molecule has 1 fully saturated rings. The number of nitrogens with one attached hydrogen (secondary N) is 1. The van der Waals surface area contributed by atoms with E-state index in [1.807, 2.05) is 19.9 Å². The summed E-state index contributed by atoms with van der Waals surface area (Å²) < 4.78 is 26.2. The Morgan fingerprint density at radius 2 is 1.96 bits per heavy atom. The fourth-order valence-corrected chi connectivity index (χ4v) is 3.90. The van der Waals surface area contributed by atoms with Crippen molar-refractivity contribution in [1.29, 1.82) is 0 Å². The Hall–Kier alpha value is -2.00. The Bertz CT molecular complexity index is 882. The van der Waals surface area contributed by atoms with Gasteiger partial charge in [-0.25, -0.2) is 22.2 Å². The summed E-state index contributed by atoms with van der Waals surface area (Å²) in [5, 5.41) is 7.19. The highest BCUT2D eigenvalue weighted by molar-refractivity contribution is 7.88. The minimum Gasteiger partial charge on any atom is -0.349 e. The molecule has 0 radical (unpaired) electrons. The van der Waals surface area contributed by atoms with Crippen molar-refractivity contribution in [3.8, 4) is 0 Å². The van der Waals surface area contributed by atoms with Gasteiger partial charge in [0.15, 0.2) is 5.65 Å². The zero-order valence-corrected chi connectivity index (χ0v) is 14.8. The highest BCUT2D eigenvalue weighted by Crippen LogP contribution is 2.16. The monoisotopic (exact) mass is 351 g/mol. The molecule has 0 spiro atoms. The maximum Gasteiger partial charge on any atom is 0.256 e. The number of aryl methyl sites for hydroxylation is 2. The predicted molar refractivity (Wildman–Crippen MR) is 89.4 cm³/mol. The maximum atomic E-state index is 12.6. The fraction of sp³-hybridized carbons (Fsp3) is 0.533. The van der Waals surface area contributed by atoms with E-state index in [-0.39, 0.29) is 11.9 Å². The molecule has 0 saturated carbocycles. The van der Waals surface area contributed by atoms with E-state index in [4.69, 9.17) is 0 Å². The van der Waals surface area contributed by atoms with E-state index in [2.05, 4.69) is 15.4 Å². The van der Waals surface area contributed by atoms with Crippen molar-refractivity contribution in [2.24, 2.45) is 0 Å². The summed E-state index contributed by atoms with van der Waals surface area (Å²) in [5.41, 5.74) is 2.72. The number of carbonyl (C=O) groups is 1. The second kappa shape index (κ2) is 6.14. The van der Waals surface area contributed by atoms with E-state index in [0.717, 1.165) is 11.4 Å². The molecule has 130 valence electrons. The average molecular weight is 351 g/mol. The molecular weight excluding hydrogens is 330 g/mol. The summed E-state index contributed by atoms with van der Waals surface area (Å²) in [5.74, 6) is -0.222. The molecule has 9 heteroatoms. The van der Waals surface area contributed by atoms with E-state index in [9.17, 15) is 13.2 Å². The third kappa shape index (κ3) is 3.27. The van der Waals surface area contributed by atoms with Gasteiger partial charge in [-0.15, -0.1) is 0 Å². The van der Waals surface area contributed by atoms with Crippen molar-refractivity contribution in [3.05, 3.63) is 29.2 Å². The van der Waals surface area contributed by atoms with Crippen LogP contribution in [-0.4, -0.2) is 58.6 Å². The van der Waals surface area contributed by atoms with Crippen molar-refractivity contribution >= 4 is 21.6 Å². The molecule has 8 nitrogen and oxygen atoms in total. The van der Waals surface area contributed by atoms with Gasteiger partial charge in [-0.2, -0.15) is 5.10 Å². The SMILES string of the molecule is Cc1cc(C)n2ncc(C(=O)NC3CCN(S(C)(=O)=O)CC3)c2n1. The Kier molecular flexibility index (Phi) is 4.31. The first-order valence-corrected chi connectivity index (χ1v) is 9.68. The van der Waals surface area contributed by atoms with E-state index in [0.29, 0.717) is 37.1 Å². The van der Waals surface area contributed by atoms with Crippen LogP contribution in [0, 0.1) is 13.8 Å². The molecule has 2 aromatic rings. The number of hydrogen-bond acceptors (Lipinski definition) is 5. The van der Waals surface area contributed by atoms with Crippen LogP contribution in [0.25, 0.3) is 5.65 Å². The molecule has 24 heavy (non-hydrogen) atoms. The highest BCUT2D eigenvalue weighted by Gasteiger charge is 2.26. The van der Waals surface area contributed by atoms with Crippen LogP contribution in [0.2, 0.25) is 0 Å². The van der Waals surface area contributed by atoms with Gasteiger partial charge in [-0.3, -0.25) is 4.79 Å². The van der Waals surface area contributed by atoms with Crippen LogP contribution in [0.1, 0.15) is 34.6 Å². The van der Waals surface area contributed by atoms with Gasteiger partial charge < -0.3 is 5.32 Å². The Labute approximate surface area is 140 Å². The van der Waals surface area contributed by atoms with Gasteiger partial charge in [0, 0.05) is 30.5 Å². The van der Waals surface area contributed by atoms with Crippen molar-refractivity contribution in [2.75, 3.05) is 19.3 Å². The summed E-state index contributed by atoms with van der Waals surface area (Å²) in [7, 11) is -3.16. The van der Waals surface area contributed by atoms with Gasteiger partial charge in [-0.1, -0.05) is 0 Å². The van der Waals surface area contributed by atoms with Gasteiger partial charge in [0.05, 0.1) is 12.5 Å². The topological polar surface area (TPSA) is 96.7 Å². The molecule has 0 atom stereocenters. The van der Waals surface area contributed by atoms with Crippen LogP contribution in [-0.2, 0) is 10.0 Å². The molecular formula is C15H21N5O3S. The molecule has 3 rings (SSSR count). The number of sulfonamides is 1. The number of fused-ring (bicyclic) bond motifs is 1. The van der Waals surface area contributed by atoms with Gasteiger partial charge in [0.2, 0.25) is 10.0 Å². The van der Waals surface area contributed by atoms with Gasteiger partial charge in [0.1, 0.15) is 5.56 Å². The zero-order chi connectivity index (χ0) is 17.5. The lowest BCUT2D eigenvalue weighted by Crippen LogP contribution is -2.46. The standard InChI is InChI=1S/C15H21N5O3S/c1-10-8-11(2)20-14(17-10)13(9-16-20)15(21)18-12-4-6-19(7-5-12)24(3,22)23/h8-9,12H,4-7H2,1-3H3,(H,18,21). The van der Waals surface area contributed by atoms with Crippen LogP contribution in [0.4, 0.5) is 0 Å². The van der Waals surface area contributed by atoms with Crippen molar-refractivity contribution in [3.63, 3.8) is 0 Å². The lowest BCUT2D eigenvalue weighted by molar-refractivity contribution is 0.0925. The fourth-order valence-electron chi connectivity index (χ4n) is 3.03. The zero-order valence-electron chi connectivity index (χ0n) is 14.0. The van der Waals surface area contributed by atoms with Gasteiger partial charge in [0.25, 0.3) is 5.91 Å². The number of amides is 1. The molecule has 1 saturated heterocycles. The smallest absolute Gasteiger partial charge is 0.256 e. The lowest BCUT2D eigenvalue weighted by atomic mass is 10.1. The number of carbonyl (C=O) groups excluding carboxylic acids is 1. The number of nitrogens with zero attached hydrogens (tertiary/aromatic N) is 4. The predicted octanol–water partition coefficient (Wildman–Crippen LogP) is 0.500. The second-order valence-corrected chi connectivity index (χ2v) is 8.22. The first kappa shape index (κ1) is 16.8. The second-order valence-electron chi connectivity index (χ2n) is 6.24. The van der Waals surface area contributed by atoms with E-state index >= 15 is 0 Å². The van der Waals surface area contributed by atoms with Crippen molar-refractivity contribution in [1.82, 2.24) is 24.2 Å². The molecule has 1 aliphatic heterocycles. The third-order valence-electron chi connectivity index (χ3n) is 4.28.